The number of nitrogens with one attached hydrogen (secondary N) is 2. The fourth-order valence-corrected chi connectivity index (χ4v) is 1.13. The number of nitrogens with zero attached hydrogens (tertiary/aromatic N) is 1. The second-order valence-electron chi connectivity index (χ2n) is 1.50. The third-order valence-electron chi connectivity index (χ3n) is 0.874. The zero-order valence-electron chi connectivity index (χ0n) is 4.70. The molecule has 4 nitrogen and oxygen atoms in total. The van der Waals surface area contributed by atoms with E-state index in [2.05, 4.69) is 15.8 Å². The first-order valence-electron chi connectivity index (χ1n) is 2.52. The van der Waals surface area contributed by atoms with Crippen LogP contribution < -0.4 is 10.9 Å². The van der Waals surface area contributed by atoms with Gasteiger partial charge in [-0.2, -0.15) is 0 Å². The fourth-order valence-electron chi connectivity index (χ4n) is 0.505. The number of aliphatic imine (C=N–C) groups is 1. The van der Waals surface area contributed by atoms with E-state index >= 15 is 0 Å². The van der Waals surface area contributed by atoms with Gasteiger partial charge in [-0.1, -0.05) is 11.8 Å². The van der Waals surface area contributed by atoms with Gasteiger partial charge in [-0.25, -0.2) is 5.43 Å². The molecule has 0 spiro atoms. The average Bonchev–Trinajstić information content (AvgIpc) is 2.34. The SMILES string of the molecule is O=CNNC1CN=CS1. The molecule has 0 saturated heterocycles. The predicted octanol–water partition coefficient (Wildman–Crippen LogP) is -0.662. The molecule has 50 valence electrons. The molecular weight excluding hydrogens is 138 g/mol. The molecule has 1 aliphatic rings. The Bertz CT molecular complexity index is 119. The van der Waals surface area contributed by atoms with Crippen molar-refractivity contribution >= 4 is 23.7 Å². The monoisotopic (exact) mass is 145 g/mol. The molecule has 0 fully saturated rings. The number of rotatable bonds is 3. The summed E-state index contributed by atoms with van der Waals surface area (Å²) in [6.45, 7) is 0.728. The molecule has 1 unspecified atom stereocenters. The average molecular weight is 145 g/mol. The summed E-state index contributed by atoms with van der Waals surface area (Å²) in [7, 11) is 0. The Balaban J connectivity index is 2.07. The number of hydrogen-bond acceptors (Lipinski definition) is 4. The smallest absolute Gasteiger partial charge is 0.221 e. The van der Waals surface area contributed by atoms with Gasteiger partial charge in [0.1, 0.15) is 0 Å². The first kappa shape index (κ1) is 6.57. The molecule has 0 saturated carbocycles. The summed E-state index contributed by atoms with van der Waals surface area (Å²) in [6.07, 6.45) is 0.610. The molecule has 9 heavy (non-hydrogen) atoms. The number of thioether (sulfide) groups is 1. The first-order valence-corrected chi connectivity index (χ1v) is 3.46. The van der Waals surface area contributed by atoms with E-state index < -0.39 is 0 Å². The molecule has 0 aromatic heterocycles. The minimum Gasteiger partial charge on any atom is -0.293 e. The van der Waals surface area contributed by atoms with Gasteiger partial charge < -0.3 is 0 Å². The molecule has 1 heterocycles. The molecule has 1 rings (SSSR count). The molecule has 1 aliphatic heterocycles. The van der Waals surface area contributed by atoms with Crippen molar-refractivity contribution < 1.29 is 4.79 Å². The summed E-state index contributed by atoms with van der Waals surface area (Å²) in [5, 5.41) is 0.218. The van der Waals surface area contributed by atoms with E-state index in [1.54, 1.807) is 17.3 Å². The topological polar surface area (TPSA) is 53.5 Å². The lowest BCUT2D eigenvalue weighted by molar-refractivity contribution is -0.110. The zero-order valence-corrected chi connectivity index (χ0v) is 5.52. The van der Waals surface area contributed by atoms with Crippen LogP contribution in [0.4, 0.5) is 0 Å². The van der Waals surface area contributed by atoms with Gasteiger partial charge >= 0.3 is 0 Å². The van der Waals surface area contributed by atoms with Crippen molar-refractivity contribution in [3.63, 3.8) is 0 Å². The van der Waals surface area contributed by atoms with Crippen molar-refractivity contribution in [3.05, 3.63) is 0 Å². The largest absolute Gasteiger partial charge is 0.293 e. The molecule has 1 atom stereocenters. The van der Waals surface area contributed by atoms with Gasteiger partial charge in [-0.05, 0) is 0 Å². The summed E-state index contributed by atoms with van der Waals surface area (Å²) in [5.74, 6) is 0. The summed E-state index contributed by atoms with van der Waals surface area (Å²) in [4.78, 5) is 13.7. The fraction of sp³-hybridized carbons (Fsp3) is 0.500. The maximum Gasteiger partial charge on any atom is 0.221 e. The number of carbonyl (C=O) groups excluding carboxylic acids is 1. The van der Waals surface area contributed by atoms with Gasteiger partial charge in [-0.15, -0.1) is 0 Å². The van der Waals surface area contributed by atoms with Crippen LogP contribution in [0.3, 0.4) is 0 Å². The second-order valence-corrected chi connectivity index (χ2v) is 2.55. The third-order valence-corrected chi connectivity index (χ3v) is 1.74. The lowest BCUT2D eigenvalue weighted by Gasteiger charge is -2.06. The zero-order chi connectivity index (χ0) is 6.53. The van der Waals surface area contributed by atoms with Crippen molar-refractivity contribution in [3.8, 4) is 0 Å². The highest BCUT2D eigenvalue weighted by Crippen LogP contribution is 2.09. The first-order chi connectivity index (χ1) is 4.43. The molecular formula is C4H7N3OS. The van der Waals surface area contributed by atoms with E-state index in [9.17, 15) is 4.79 Å². The lowest BCUT2D eigenvalue weighted by atomic mass is 10.7. The van der Waals surface area contributed by atoms with Gasteiger partial charge in [0.05, 0.1) is 17.5 Å². The molecule has 5 heteroatoms. The van der Waals surface area contributed by atoms with Crippen LogP contribution in [0, 0.1) is 0 Å². The quantitative estimate of drug-likeness (QED) is 0.409. The molecule has 1 amide bonds. The van der Waals surface area contributed by atoms with E-state index in [0.29, 0.717) is 6.41 Å². The van der Waals surface area contributed by atoms with Crippen LogP contribution in [0.15, 0.2) is 4.99 Å². The number of amides is 1. The van der Waals surface area contributed by atoms with E-state index in [-0.39, 0.29) is 5.37 Å². The Morgan fingerprint density at radius 1 is 1.89 bits per heavy atom. The van der Waals surface area contributed by atoms with E-state index in [1.165, 1.54) is 0 Å². The van der Waals surface area contributed by atoms with Crippen LogP contribution in [0.5, 0.6) is 0 Å². The number of hydrazine groups is 1. The number of carbonyl (C=O) groups is 1. The number of hydrogen-bond donors (Lipinski definition) is 2. The van der Waals surface area contributed by atoms with Gasteiger partial charge in [0.2, 0.25) is 6.41 Å². The second kappa shape index (κ2) is 3.47. The maximum absolute atomic E-state index is 9.74. The van der Waals surface area contributed by atoms with Crippen molar-refractivity contribution in [2.24, 2.45) is 4.99 Å². The highest BCUT2D eigenvalue weighted by Gasteiger charge is 2.09. The maximum atomic E-state index is 9.74. The molecule has 0 bridgehead atoms. The highest BCUT2D eigenvalue weighted by molar-refractivity contribution is 8.12. The third kappa shape index (κ3) is 2.03. The van der Waals surface area contributed by atoms with Crippen LogP contribution in [0.2, 0.25) is 0 Å². The molecule has 0 radical (unpaired) electrons. The Morgan fingerprint density at radius 3 is 3.33 bits per heavy atom. The van der Waals surface area contributed by atoms with Gasteiger partial charge in [0.15, 0.2) is 0 Å². The molecule has 0 aliphatic carbocycles. The Hall–Kier alpha value is -0.550. The standard InChI is InChI=1S/C4H7N3OS/c8-2-6-7-4-1-5-3-9-4/h2-4,7H,1H2,(H,6,8). The normalized spacial score (nSPS) is 24.2. The van der Waals surface area contributed by atoms with E-state index in [0.717, 1.165) is 6.54 Å². The lowest BCUT2D eigenvalue weighted by Crippen LogP contribution is -2.38. The Kier molecular flexibility index (Phi) is 2.53. The van der Waals surface area contributed by atoms with Gasteiger partial charge in [0.25, 0.3) is 0 Å². The van der Waals surface area contributed by atoms with Crippen LogP contribution >= 0.6 is 11.8 Å². The van der Waals surface area contributed by atoms with Crippen molar-refractivity contribution in [1.82, 2.24) is 10.9 Å². The minimum atomic E-state index is 0.218. The summed E-state index contributed by atoms with van der Waals surface area (Å²) >= 11 is 1.56. The van der Waals surface area contributed by atoms with Gasteiger partial charge in [-0.3, -0.25) is 15.2 Å². The van der Waals surface area contributed by atoms with Crippen LogP contribution in [-0.2, 0) is 4.79 Å². The Morgan fingerprint density at radius 2 is 2.78 bits per heavy atom. The Labute approximate surface area is 57.1 Å². The van der Waals surface area contributed by atoms with Crippen LogP contribution in [0.1, 0.15) is 0 Å². The predicted molar refractivity (Wildman–Crippen MR) is 37.1 cm³/mol. The minimum absolute atomic E-state index is 0.218. The molecule has 0 aromatic carbocycles. The summed E-state index contributed by atoms with van der Waals surface area (Å²) in [6, 6.07) is 0. The van der Waals surface area contributed by atoms with E-state index in [1.807, 2.05) is 0 Å². The van der Waals surface area contributed by atoms with Crippen LogP contribution in [-0.4, -0.2) is 23.9 Å². The van der Waals surface area contributed by atoms with Crippen molar-refractivity contribution in [2.45, 2.75) is 5.37 Å². The van der Waals surface area contributed by atoms with Gasteiger partial charge in [0, 0.05) is 0 Å². The van der Waals surface area contributed by atoms with Crippen molar-refractivity contribution in [1.29, 1.82) is 0 Å². The van der Waals surface area contributed by atoms with E-state index in [4.69, 9.17) is 0 Å². The summed E-state index contributed by atoms with van der Waals surface area (Å²) < 4.78 is 0. The molecule has 0 aromatic rings. The van der Waals surface area contributed by atoms with Crippen molar-refractivity contribution in [2.75, 3.05) is 6.54 Å². The summed E-state index contributed by atoms with van der Waals surface area (Å²) in [5.41, 5.74) is 6.88. The highest BCUT2D eigenvalue weighted by atomic mass is 32.2. The van der Waals surface area contributed by atoms with Crippen LogP contribution in [0.25, 0.3) is 0 Å². The molecule has 2 N–H and O–H groups in total.